The van der Waals surface area contributed by atoms with Gasteiger partial charge in [0, 0.05) is 6.54 Å². The average Bonchev–Trinajstić information content (AvgIpc) is 2.25. The van der Waals surface area contributed by atoms with Crippen molar-refractivity contribution >= 4 is 18.3 Å². The Balaban J connectivity index is 0.00000225. The molecule has 0 aliphatic heterocycles. The summed E-state index contributed by atoms with van der Waals surface area (Å²) in [6.45, 7) is 0.255. The lowest BCUT2D eigenvalue weighted by atomic mass is 10.2. The number of carbonyl (C=O) groups excluding carboxylic acids is 1. The zero-order valence-corrected chi connectivity index (χ0v) is 9.75. The van der Waals surface area contributed by atoms with Crippen molar-refractivity contribution in [2.75, 3.05) is 13.7 Å². The van der Waals surface area contributed by atoms with Crippen LogP contribution in [-0.2, 0) is 11.3 Å². The molecule has 0 aliphatic carbocycles. The molecule has 0 aliphatic rings. The minimum atomic E-state index is -0.528. The molecule has 0 saturated heterocycles. The third-order valence-electron chi connectivity index (χ3n) is 1.83. The molecule has 1 rings (SSSR count). The normalized spacial score (nSPS) is 9.12. The van der Waals surface area contributed by atoms with E-state index in [4.69, 9.17) is 20.9 Å². The van der Waals surface area contributed by atoms with Crippen molar-refractivity contribution in [3.05, 3.63) is 23.8 Å². The van der Waals surface area contributed by atoms with Gasteiger partial charge in [-0.2, -0.15) is 0 Å². The molecule has 4 N–H and O–H groups in total. The minimum absolute atomic E-state index is 0. The lowest BCUT2D eigenvalue weighted by Gasteiger charge is -2.10. The van der Waals surface area contributed by atoms with Gasteiger partial charge >= 0.3 is 0 Å². The predicted molar refractivity (Wildman–Crippen MR) is 62.8 cm³/mol. The van der Waals surface area contributed by atoms with Gasteiger partial charge in [-0.05, 0) is 17.7 Å². The summed E-state index contributed by atoms with van der Waals surface area (Å²) in [6, 6.07) is 5.26. The second-order valence-corrected chi connectivity index (χ2v) is 2.94. The Bertz CT molecular complexity index is 358. The van der Waals surface area contributed by atoms with Crippen molar-refractivity contribution < 1.29 is 14.3 Å². The number of ether oxygens (including phenoxy) is 2. The van der Waals surface area contributed by atoms with Gasteiger partial charge in [0.2, 0.25) is 0 Å². The maximum atomic E-state index is 10.5. The van der Waals surface area contributed by atoms with Crippen LogP contribution in [-0.4, -0.2) is 19.6 Å². The first-order chi connectivity index (χ1) is 7.17. The summed E-state index contributed by atoms with van der Waals surface area (Å²) in [5.74, 6) is 0.493. The summed E-state index contributed by atoms with van der Waals surface area (Å²) >= 11 is 0. The van der Waals surface area contributed by atoms with Crippen LogP contribution in [0.4, 0.5) is 0 Å². The standard InChI is InChI=1S/C10H14N2O3.ClH/c1-14-9-4-7(5-11)2-3-8(9)15-6-10(12)13;/h2-4H,5-6,11H2,1H3,(H2,12,13);1H. The van der Waals surface area contributed by atoms with E-state index in [2.05, 4.69) is 0 Å². The van der Waals surface area contributed by atoms with E-state index in [0.29, 0.717) is 18.0 Å². The van der Waals surface area contributed by atoms with Crippen molar-refractivity contribution in [3.8, 4) is 11.5 Å². The van der Waals surface area contributed by atoms with Gasteiger partial charge in [0.05, 0.1) is 7.11 Å². The van der Waals surface area contributed by atoms with E-state index in [1.165, 1.54) is 7.11 Å². The topological polar surface area (TPSA) is 87.6 Å². The van der Waals surface area contributed by atoms with Crippen LogP contribution in [0.3, 0.4) is 0 Å². The first-order valence-corrected chi connectivity index (χ1v) is 4.45. The molecule has 1 amide bonds. The molecule has 0 atom stereocenters. The van der Waals surface area contributed by atoms with E-state index < -0.39 is 5.91 Å². The highest BCUT2D eigenvalue weighted by molar-refractivity contribution is 5.85. The third kappa shape index (κ3) is 3.96. The van der Waals surface area contributed by atoms with E-state index in [1.807, 2.05) is 0 Å². The van der Waals surface area contributed by atoms with Gasteiger partial charge in [-0.3, -0.25) is 4.79 Å². The lowest BCUT2D eigenvalue weighted by Crippen LogP contribution is -2.20. The van der Waals surface area contributed by atoms with Crippen LogP contribution in [0.1, 0.15) is 5.56 Å². The van der Waals surface area contributed by atoms with Crippen LogP contribution in [0.25, 0.3) is 0 Å². The molecule has 0 unspecified atom stereocenters. The monoisotopic (exact) mass is 246 g/mol. The summed E-state index contributed by atoms with van der Waals surface area (Å²) < 4.78 is 10.2. The number of hydrogen-bond donors (Lipinski definition) is 2. The number of primary amides is 1. The van der Waals surface area contributed by atoms with Gasteiger partial charge in [-0.25, -0.2) is 0 Å². The molecule has 0 bridgehead atoms. The fraction of sp³-hybridized carbons (Fsp3) is 0.300. The summed E-state index contributed by atoms with van der Waals surface area (Å²) in [5, 5.41) is 0. The van der Waals surface area contributed by atoms with Crippen LogP contribution in [0, 0.1) is 0 Å². The number of halogens is 1. The second kappa shape index (κ2) is 6.92. The molecule has 0 fully saturated rings. The van der Waals surface area contributed by atoms with Gasteiger partial charge in [0.1, 0.15) is 0 Å². The highest BCUT2D eigenvalue weighted by Crippen LogP contribution is 2.27. The Labute approximate surface area is 100 Å². The lowest BCUT2D eigenvalue weighted by molar-refractivity contribution is -0.119. The smallest absolute Gasteiger partial charge is 0.255 e. The number of amides is 1. The van der Waals surface area contributed by atoms with Gasteiger partial charge in [0.15, 0.2) is 18.1 Å². The maximum Gasteiger partial charge on any atom is 0.255 e. The number of benzene rings is 1. The van der Waals surface area contributed by atoms with Crippen molar-refractivity contribution in [1.82, 2.24) is 0 Å². The highest BCUT2D eigenvalue weighted by atomic mass is 35.5. The zero-order chi connectivity index (χ0) is 11.3. The molecule has 16 heavy (non-hydrogen) atoms. The van der Waals surface area contributed by atoms with E-state index in [1.54, 1.807) is 18.2 Å². The highest BCUT2D eigenvalue weighted by Gasteiger charge is 2.06. The quantitative estimate of drug-likeness (QED) is 0.789. The van der Waals surface area contributed by atoms with Gasteiger partial charge in [0.25, 0.3) is 5.91 Å². The molecular weight excluding hydrogens is 232 g/mol. The number of carbonyl (C=O) groups is 1. The summed E-state index contributed by atoms with van der Waals surface area (Å²) in [6.07, 6.45) is 0. The third-order valence-corrected chi connectivity index (χ3v) is 1.83. The number of nitrogens with two attached hydrogens (primary N) is 2. The van der Waals surface area contributed by atoms with E-state index >= 15 is 0 Å². The molecular formula is C10H15ClN2O3. The van der Waals surface area contributed by atoms with Crippen molar-refractivity contribution in [2.45, 2.75) is 6.54 Å². The second-order valence-electron chi connectivity index (χ2n) is 2.94. The minimum Gasteiger partial charge on any atom is -0.493 e. The number of hydrogen-bond acceptors (Lipinski definition) is 4. The first kappa shape index (κ1) is 14.5. The molecule has 0 heterocycles. The molecule has 0 saturated carbocycles. The molecule has 1 aromatic rings. The average molecular weight is 247 g/mol. The van der Waals surface area contributed by atoms with Gasteiger partial charge < -0.3 is 20.9 Å². The van der Waals surface area contributed by atoms with Crippen LogP contribution in [0.5, 0.6) is 11.5 Å². The summed E-state index contributed by atoms with van der Waals surface area (Å²) in [5.41, 5.74) is 11.4. The first-order valence-electron chi connectivity index (χ1n) is 4.45. The van der Waals surface area contributed by atoms with Crippen LogP contribution < -0.4 is 20.9 Å². The largest absolute Gasteiger partial charge is 0.493 e. The summed E-state index contributed by atoms with van der Waals surface area (Å²) in [7, 11) is 1.52. The van der Waals surface area contributed by atoms with Gasteiger partial charge in [-0.1, -0.05) is 6.07 Å². The van der Waals surface area contributed by atoms with Crippen LogP contribution in [0.2, 0.25) is 0 Å². The Morgan fingerprint density at radius 3 is 2.56 bits per heavy atom. The molecule has 0 aromatic heterocycles. The fourth-order valence-electron chi connectivity index (χ4n) is 1.11. The van der Waals surface area contributed by atoms with Crippen LogP contribution >= 0.6 is 12.4 Å². The van der Waals surface area contributed by atoms with Crippen molar-refractivity contribution in [1.29, 1.82) is 0 Å². The fourth-order valence-corrected chi connectivity index (χ4v) is 1.11. The maximum absolute atomic E-state index is 10.5. The SMILES string of the molecule is COc1cc(CN)ccc1OCC(N)=O.Cl. The van der Waals surface area contributed by atoms with E-state index in [0.717, 1.165) is 5.56 Å². The molecule has 0 radical (unpaired) electrons. The van der Waals surface area contributed by atoms with Crippen molar-refractivity contribution in [2.24, 2.45) is 11.5 Å². The predicted octanol–water partition coefficient (Wildman–Crippen LogP) is 0.440. The van der Waals surface area contributed by atoms with E-state index in [-0.39, 0.29) is 19.0 Å². The Hall–Kier alpha value is -1.46. The zero-order valence-electron chi connectivity index (χ0n) is 8.93. The number of methoxy groups -OCH3 is 1. The Morgan fingerprint density at radius 2 is 2.06 bits per heavy atom. The molecule has 90 valence electrons. The molecule has 0 spiro atoms. The number of rotatable bonds is 5. The van der Waals surface area contributed by atoms with Crippen LogP contribution in [0.15, 0.2) is 18.2 Å². The molecule has 6 heteroatoms. The van der Waals surface area contributed by atoms with Gasteiger partial charge in [-0.15, -0.1) is 12.4 Å². The van der Waals surface area contributed by atoms with E-state index in [9.17, 15) is 4.79 Å². The van der Waals surface area contributed by atoms with Crippen molar-refractivity contribution in [3.63, 3.8) is 0 Å². The Kier molecular flexibility index (Phi) is 6.29. The molecule has 1 aromatic carbocycles. The summed E-state index contributed by atoms with van der Waals surface area (Å²) in [4.78, 5) is 10.5. The Morgan fingerprint density at radius 1 is 1.38 bits per heavy atom. The molecule has 5 nitrogen and oxygen atoms in total.